The summed E-state index contributed by atoms with van der Waals surface area (Å²) in [5.41, 5.74) is -0.681. The molecule has 94 valence electrons. The molecule has 0 bridgehead atoms. The van der Waals surface area contributed by atoms with Gasteiger partial charge < -0.3 is 15.3 Å². The van der Waals surface area contributed by atoms with Crippen molar-refractivity contribution in [3.8, 4) is 0 Å². The van der Waals surface area contributed by atoms with Crippen LogP contribution in [0.15, 0.2) is 0 Å². The summed E-state index contributed by atoms with van der Waals surface area (Å²) in [4.78, 5) is 13.8. The molecule has 1 aliphatic rings. The van der Waals surface area contributed by atoms with Crippen LogP contribution >= 0.6 is 0 Å². The van der Waals surface area contributed by atoms with Crippen LogP contribution in [0.3, 0.4) is 0 Å². The molecule has 0 saturated carbocycles. The van der Waals surface area contributed by atoms with Gasteiger partial charge in [-0.25, -0.2) is 0 Å². The van der Waals surface area contributed by atoms with Crippen LogP contribution in [0.4, 0.5) is 0 Å². The second-order valence-corrected chi connectivity index (χ2v) is 4.60. The lowest BCUT2D eigenvalue weighted by Crippen LogP contribution is -2.52. The summed E-state index contributed by atoms with van der Waals surface area (Å²) in [7, 11) is 0. The van der Waals surface area contributed by atoms with E-state index in [-0.39, 0.29) is 0 Å². The summed E-state index contributed by atoms with van der Waals surface area (Å²) in [6.45, 7) is 7.92. The Morgan fingerprint density at radius 3 is 2.69 bits per heavy atom. The molecule has 1 aliphatic heterocycles. The fourth-order valence-electron chi connectivity index (χ4n) is 2.34. The first-order valence-electron chi connectivity index (χ1n) is 6.35. The maximum absolute atomic E-state index is 11.4. The minimum atomic E-state index is -0.682. The number of carboxylic acid groups (broad SMARTS) is 1. The maximum Gasteiger partial charge on any atom is 0.323 e. The number of hydrogen-bond donors (Lipinski definition) is 2. The van der Waals surface area contributed by atoms with Crippen LogP contribution in [-0.4, -0.2) is 47.7 Å². The highest BCUT2D eigenvalue weighted by Crippen LogP contribution is 2.22. The predicted molar refractivity (Wildman–Crippen MR) is 64.6 cm³/mol. The molecule has 0 aliphatic carbocycles. The van der Waals surface area contributed by atoms with E-state index in [1.807, 2.05) is 0 Å². The van der Waals surface area contributed by atoms with Crippen LogP contribution in [0.1, 0.15) is 39.5 Å². The lowest BCUT2D eigenvalue weighted by molar-refractivity contribution is -0.145. The molecule has 16 heavy (non-hydrogen) atoms. The van der Waals surface area contributed by atoms with Crippen molar-refractivity contribution in [1.82, 2.24) is 10.2 Å². The van der Waals surface area contributed by atoms with E-state index in [1.54, 1.807) is 0 Å². The zero-order valence-electron chi connectivity index (χ0n) is 10.5. The Morgan fingerprint density at radius 2 is 2.12 bits per heavy atom. The van der Waals surface area contributed by atoms with Gasteiger partial charge in [0.2, 0.25) is 0 Å². The Labute approximate surface area is 98.0 Å². The molecular formula is C12H24N2O2. The molecule has 0 amide bonds. The minimum absolute atomic E-state index is 0.681. The third-order valence-electron chi connectivity index (χ3n) is 3.50. The van der Waals surface area contributed by atoms with Gasteiger partial charge >= 0.3 is 5.97 Å². The second-order valence-electron chi connectivity index (χ2n) is 4.60. The SMILES string of the molecule is CCCNC1(C(=O)O)CCCN(CC)CC1. The molecule has 1 rings (SSSR count). The highest BCUT2D eigenvalue weighted by Gasteiger charge is 2.38. The summed E-state index contributed by atoms with van der Waals surface area (Å²) in [5.74, 6) is -0.682. The van der Waals surface area contributed by atoms with Crippen LogP contribution in [0.2, 0.25) is 0 Å². The van der Waals surface area contributed by atoms with E-state index in [4.69, 9.17) is 0 Å². The van der Waals surface area contributed by atoms with Crippen LogP contribution in [-0.2, 0) is 4.79 Å². The molecule has 1 heterocycles. The average molecular weight is 228 g/mol. The Kier molecular flexibility index (Phi) is 5.22. The van der Waals surface area contributed by atoms with Gasteiger partial charge in [0.15, 0.2) is 0 Å². The van der Waals surface area contributed by atoms with Crippen molar-refractivity contribution >= 4 is 5.97 Å². The van der Waals surface area contributed by atoms with E-state index in [2.05, 4.69) is 24.1 Å². The van der Waals surface area contributed by atoms with Crippen LogP contribution in [0, 0.1) is 0 Å². The molecule has 1 fully saturated rings. The second kappa shape index (κ2) is 6.21. The van der Waals surface area contributed by atoms with Crippen molar-refractivity contribution in [1.29, 1.82) is 0 Å². The summed E-state index contributed by atoms with van der Waals surface area (Å²) in [6.07, 6.45) is 3.42. The number of likely N-dealkylation sites (tertiary alicyclic amines) is 1. The highest BCUT2D eigenvalue weighted by molar-refractivity contribution is 5.78. The lowest BCUT2D eigenvalue weighted by atomic mass is 9.90. The van der Waals surface area contributed by atoms with Gasteiger partial charge in [0.1, 0.15) is 5.54 Å². The van der Waals surface area contributed by atoms with Crippen molar-refractivity contribution < 1.29 is 9.90 Å². The van der Waals surface area contributed by atoms with E-state index < -0.39 is 11.5 Å². The summed E-state index contributed by atoms with van der Waals surface area (Å²) in [6, 6.07) is 0. The van der Waals surface area contributed by atoms with E-state index in [0.29, 0.717) is 0 Å². The summed E-state index contributed by atoms with van der Waals surface area (Å²) >= 11 is 0. The van der Waals surface area contributed by atoms with Crippen molar-refractivity contribution in [2.45, 2.75) is 45.1 Å². The molecule has 0 spiro atoms. The highest BCUT2D eigenvalue weighted by atomic mass is 16.4. The van der Waals surface area contributed by atoms with Gasteiger partial charge in [-0.3, -0.25) is 4.79 Å². The van der Waals surface area contributed by atoms with Gasteiger partial charge in [-0.2, -0.15) is 0 Å². The van der Waals surface area contributed by atoms with E-state index in [9.17, 15) is 9.90 Å². The Hall–Kier alpha value is -0.610. The van der Waals surface area contributed by atoms with Crippen molar-refractivity contribution in [3.63, 3.8) is 0 Å². The van der Waals surface area contributed by atoms with E-state index in [0.717, 1.165) is 51.9 Å². The molecule has 0 aromatic rings. The fourth-order valence-corrected chi connectivity index (χ4v) is 2.34. The molecule has 1 atom stereocenters. The molecule has 0 aromatic carbocycles. The smallest absolute Gasteiger partial charge is 0.323 e. The summed E-state index contributed by atoms with van der Waals surface area (Å²) in [5, 5.41) is 12.7. The first kappa shape index (κ1) is 13.5. The zero-order valence-corrected chi connectivity index (χ0v) is 10.5. The molecule has 1 saturated heterocycles. The van der Waals surface area contributed by atoms with E-state index in [1.165, 1.54) is 0 Å². The van der Waals surface area contributed by atoms with Crippen molar-refractivity contribution in [2.24, 2.45) is 0 Å². The molecule has 0 radical (unpaired) electrons. The maximum atomic E-state index is 11.4. The molecule has 2 N–H and O–H groups in total. The number of carbonyl (C=O) groups is 1. The van der Waals surface area contributed by atoms with Crippen molar-refractivity contribution in [2.75, 3.05) is 26.2 Å². The first-order chi connectivity index (χ1) is 7.64. The van der Waals surface area contributed by atoms with Gasteiger partial charge in [0, 0.05) is 6.54 Å². The largest absolute Gasteiger partial charge is 0.480 e. The van der Waals surface area contributed by atoms with E-state index >= 15 is 0 Å². The number of carboxylic acids is 1. The van der Waals surface area contributed by atoms with Crippen LogP contribution < -0.4 is 5.32 Å². The Bertz CT molecular complexity index is 233. The minimum Gasteiger partial charge on any atom is -0.480 e. The molecular weight excluding hydrogens is 204 g/mol. The molecule has 1 unspecified atom stereocenters. The topological polar surface area (TPSA) is 52.6 Å². The molecule has 0 aromatic heterocycles. The van der Waals surface area contributed by atoms with Gasteiger partial charge in [0.25, 0.3) is 0 Å². The lowest BCUT2D eigenvalue weighted by Gasteiger charge is -2.29. The molecule has 4 heteroatoms. The van der Waals surface area contributed by atoms with Crippen LogP contribution in [0.25, 0.3) is 0 Å². The van der Waals surface area contributed by atoms with Gasteiger partial charge in [-0.05, 0) is 45.3 Å². The Balaban J connectivity index is 2.65. The predicted octanol–water partition coefficient (Wildman–Crippen LogP) is 1.32. The third-order valence-corrected chi connectivity index (χ3v) is 3.50. The van der Waals surface area contributed by atoms with Gasteiger partial charge in [-0.1, -0.05) is 13.8 Å². The molecule has 4 nitrogen and oxygen atoms in total. The quantitative estimate of drug-likeness (QED) is 0.745. The van der Waals surface area contributed by atoms with Gasteiger partial charge in [-0.15, -0.1) is 0 Å². The standard InChI is InChI=1S/C12H24N2O2/c1-3-8-13-12(11(15)16)6-5-9-14(4-2)10-7-12/h13H,3-10H2,1-2H3,(H,15,16). The first-order valence-corrected chi connectivity index (χ1v) is 6.35. The number of nitrogens with zero attached hydrogens (tertiary/aromatic N) is 1. The number of aliphatic carboxylic acids is 1. The fraction of sp³-hybridized carbons (Fsp3) is 0.917. The summed E-state index contributed by atoms with van der Waals surface area (Å²) < 4.78 is 0. The Morgan fingerprint density at radius 1 is 1.38 bits per heavy atom. The number of hydrogen-bond acceptors (Lipinski definition) is 3. The van der Waals surface area contributed by atoms with Crippen molar-refractivity contribution in [3.05, 3.63) is 0 Å². The van der Waals surface area contributed by atoms with Crippen LogP contribution in [0.5, 0.6) is 0 Å². The number of rotatable bonds is 5. The average Bonchev–Trinajstić information content (AvgIpc) is 2.49. The zero-order chi connectivity index (χ0) is 12.0. The normalized spacial score (nSPS) is 27.6. The monoisotopic (exact) mass is 228 g/mol. The third kappa shape index (κ3) is 3.19. The van der Waals surface area contributed by atoms with Gasteiger partial charge in [0.05, 0.1) is 0 Å². The number of nitrogens with one attached hydrogen (secondary N) is 1.